The summed E-state index contributed by atoms with van der Waals surface area (Å²) < 4.78 is 8.17. The van der Waals surface area contributed by atoms with E-state index >= 15 is 0 Å². The quantitative estimate of drug-likeness (QED) is 0.297. The molecule has 0 aliphatic carbocycles. The fraction of sp³-hybridized carbons (Fsp3) is 0.148. The highest BCUT2D eigenvalue weighted by molar-refractivity contribution is 6.31. The van der Waals surface area contributed by atoms with Gasteiger partial charge in [0.15, 0.2) is 6.04 Å². The average Bonchev–Trinajstić information content (AvgIpc) is 3.56. The second kappa shape index (κ2) is 10.7. The minimum Gasteiger partial charge on any atom is -0.467 e. The van der Waals surface area contributed by atoms with Crippen LogP contribution in [0.2, 0.25) is 5.02 Å². The largest absolute Gasteiger partial charge is 0.467 e. The third kappa shape index (κ3) is 5.35. The van der Waals surface area contributed by atoms with Gasteiger partial charge in [0.05, 0.1) is 37.5 Å². The Morgan fingerprint density at radius 3 is 2.58 bits per heavy atom. The highest BCUT2D eigenvalue weighted by Gasteiger charge is 2.29. The monoisotopic (exact) mass is 530 g/mol. The molecule has 0 aliphatic rings. The zero-order chi connectivity index (χ0) is 26.6. The SMILES string of the molecule is COC(=O)C(NC(=O)c1cnn(Cc2ccc(Cn3ccccc3=O)cc2)c1)c1n[nH]c2ccc(Cl)cc12. The maximum Gasteiger partial charge on any atom is 0.334 e. The van der Waals surface area contributed by atoms with Gasteiger partial charge in [0.1, 0.15) is 5.69 Å². The van der Waals surface area contributed by atoms with Gasteiger partial charge in [-0.05, 0) is 35.4 Å². The van der Waals surface area contributed by atoms with Gasteiger partial charge in [-0.1, -0.05) is 41.9 Å². The van der Waals surface area contributed by atoms with Crippen LogP contribution < -0.4 is 10.9 Å². The predicted molar refractivity (Wildman–Crippen MR) is 141 cm³/mol. The van der Waals surface area contributed by atoms with Gasteiger partial charge in [-0.25, -0.2) is 4.79 Å². The third-order valence-electron chi connectivity index (χ3n) is 6.06. The van der Waals surface area contributed by atoms with Crippen LogP contribution in [-0.2, 0) is 22.6 Å². The predicted octanol–water partition coefficient (Wildman–Crippen LogP) is 3.32. The number of H-pyrrole nitrogens is 1. The molecule has 1 amide bonds. The molecule has 0 fully saturated rings. The van der Waals surface area contributed by atoms with Crippen LogP contribution in [0.15, 0.2) is 84.0 Å². The normalized spacial score (nSPS) is 11.8. The molecule has 1 unspecified atom stereocenters. The summed E-state index contributed by atoms with van der Waals surface area (Å²) in [5, 5.41) is 15.1. The standard InChI is InChI=1S/C27H23ClN6O4/c1-38-27(37)25(24-21-12-20(28)9-10-22(21)31-32-24)30-26(36)19-13-29-34(16-19)15-18-7-5-17(6-8-18)14-33-11-3-2-4-23(33)35/h2-13,16,25H,14-15H2,1H3,(H,30,36)(H,31,32). The second-order valence-corrected chi connectivity index (χ2v) is 9.07. The lowest BCUT2D eigenvalue weighted by Crippen LogP contribution is -2.34. The van der Waals surface area contributed by atoms with Crippen molar-refractivity contribution in [3.8, 4) is 0 Å². The molecule has 0 aliphatic heterocycles. The zero-order valence-electron chi connectivity index (χ0n) is 20.3. The van der Waals surface area contributed by atoms with Crippen molar-refractivity contribution in [1.82, 2.24) is 29.9 Å². The number of pyridine rings is 1. The minimum absolute atomic E-state index is 0.0577. The van der Waals surface area contributed by atoms with Crippen LogP contribution in [0.4, 0.5) is 0 Å². The molecule has 38 heavy (non-hydrogen) atoms. The Labute approximate surface area is 221 Å². The lowest BCUT2D eigenvalue weighted by Gasteiger charge is -2.14. The van der Waals surface area contributed by atoms with Crippen molar-refractivity contribution in [3.63, 3.8) is 0 Å². The highest BCUT2D eigenvalue weighted by Crippen LogP contribution is 2.26. The van der Waals surface area contributed by atoms with E-state index in [4.69, 9.17) is 16.3 Å². The topological polar surface area (TPSA) is 124 Å². The van der Waals surface area contributed by atoms with Gasteiger partial charge in [-0.3, -0.25) is 19.4 Å². The average molecular weight is 531 g/mol. The van der Waals surface area contributed by atoms with Crippen molar-refractivity contribution < 1.29 is 14.3 Å². The van der Waals surface area contributed by atoms with Crippen molar-refractivity contribution >= 4 is 34.4 Å². The van der Waals surface area contributed by atoms with E-state index in [1.165, 1.54) is 19.4 Å². The molecule has 0 saturated carbocycles. The molecule has 11 heteroatoms. The Bertz CT molecular complexity index is 1670. The molecule has 2 aromatic carbocycles. The first-order valence-corrected chi connectivity index (χ1v) is 12.1. The van der Waals surface area contributed by atoms with Gasteiger partial charge in [-0.2, -0.15) is 10.2 Å². The minimum atomic E-state index is -1.15. The van der Waals surface area contributed by atoms with Gasteiger partial charge < -0.3 is 14.6 Å². The lowest BCUT2D eigenvalue weighted by molar-refractivity contribution is -0.143. The summed E-state index contributed by atoms with van der Waals surface area (Å²) in [5.74, 6) is -1.18. The number of aromatic nitrogens is 5. The first-order chi connectivity index (χ1) is 18.4. The van der Waals surface area contributed by atoms with Crippen LogP contribution in [0, 0.1) is 0 Å². The molecule has 3 aromatic heterocycles. The van der Waals surface area contributed by atoms with Crippen LogP contribution in [0.25, 0.3) is 10.9 Å². The molecule has 3 heterocycles. The van der Waals surface area contributed by atoms with E-state index in [0.717, 1.165) is 11.1 Å². The number of hydrogen-bond acceptors (Lipinski definition) is 6. The van der Waals surface area contributed by atoms with Crippen molar-refractivity contribution in [2.24, 2.45) is 0 Å². The van der Waals surface area contributed by atoms with Crippen molar-refractivity contribution in [3.05, 3.63) is 117 Å². The maximum absolute atomic E-state index is 13.0. The number of benzene rings is 2. The summed E-state index contributed by atoms with van der Waals surface area (Å²) in [5.41, 5.74) is 3.14. The van der Waals surface area contributed by atoms with Crippen molar-refractivity contribution in [2.75, 3.05) is 7.11 Å². The Kier molecular flexibility index (Phi) is 7.05. The number of methoxy groups -OCH3 is 1. The zero-order valence-corrected chi connectivity index (χ0v) is 21.1. The molecule has 5 rings (SSSR count). The van der Waals surface area contributed by atoms with Gasteiger partial charge in [0, 0.05) is 28.9 Å². The van der Waals surface area contributed by atoms with Crippen LogP contribution in [-0.4, -0.2) is 43.5 Å². The number of hydrogen-bond donors (Lipinski definition) is 2. The summed E-state index contributed by atoms with van der Waals surface area (Å²) in [6, 6.07) is 16.8. The number of nitrogens with one attached hydrogen (secondary N) is 2. The molecule has 0 spiro atoms. The molecular formula is C27H23ClN6O4. The van der Waals surface area contributed by atoms with Gasteiger partial charge >= 0.3 is 5.97 Å². The summed E-state index contributed by atoms with van der Waals surface area (Å²) in [6.45, 7) is 0.909. The van der Waals surface area contributed by atoms with Crippen LogP contribution in [0.3, 0.4) is 0 Å². The van der Waals surface area contributed by atoms with E-state index in [1.807, 2.05) is 30.3 Å². The van der Waals surface area contributed by atoms with Crippen molar-refractivity contribution in [1.29, 1.82) is 0 Å². The Hall–Kier alpha value is -4.70. The maximum atomic E-state index is 13.0. The highest BCUT2D eigenvalue weighted by atomic mass is 35.5. The molecule has 0 saturated heterocycles. The van der Waals surface area contributed by atoms with Gasteiger partial charge in [0.25, 0.3) is 11.5 Å². The molecule has 5 aromatic rings. The number of carbonyl (C=O) groups is 2. The number of nitrogens with zero attached hydrogens (tertiary/aromatic N) is 4. The second-order valence-electron chi connectivity index (χ2n) is 8.64. The first kappa shape index (κ1) is 25.0. The summed E-state index contributed by atoms with van der Waals surface area (Å²) in [6.07, 6.45) is 4.78. The molecule has 2 N–H and O–H groups in total. The molecular weight excluding hydrogens is 508 g/mol. The van der Waals surface area contributed by atoms with E-state index in [2.05, 4.69) is 20.6 Å². The van der Waals surface area contributed by atoms with E-state index < -0.39 is 17.9 Å². The molecule has 10 nitrogen and oxygen atoms in total. The van der Waals surface area contributed by atoms with Gasteiger partial charge in [0.2, 0.25) is 0 Å². The Morgan fingerprint density at radius 2 is 1.84 bits per heavy atom. The first-order valence-electron chi connectivity index (χ1n) is 11.7. The van der Waals surface area contributed by atoms with E-state index in [9.17, 15) is 14.4 Å². The Morgan fingerprint density at radius 1 is 1.08 bits per heavy atom. The molecule has 192 valence electrons. The number of ether oxygens (including phenoxy) is 1. The van der Waals surface area contributed by atoms with E-state index in [1.54, 1.807) is 45.9 Å². The summed E-state index contributed by atoms with van der Waals surface area (Å²) >= 11 is 6.12. The van der Waals surface area contributed by atoms with E-state index in [0.29, 0.717) is 34.7 Å². The lowest BCUT2D eigenvalue weighted by atomic mass is 10.1. The summed E-state index contributed by atoms with van der Waals surface area (Å²) in [4.78, 5) is 37.5. The van der Waals surface area contributed by atoms with Crippen LogP contribution in [0.1, 0.15) is 33.2 Å². The van der Waals surface area contributed by atoms with Crippen LogP contribution >= 0.6 is 11.6 Å². The van der Waals surface area contributed by atoms with Crippen LogP contribution in [0.5, 0.6) is 0 Å². The number of halogens is 1. The number of aromatic amines is 1. The third-order valence-corrected chi connectivity index (χ3v) is 6.29. The van der Waals surface area contributed by atoms with E-state index in [-0.39, 0.29) is 11.1 Å². The Balaban J connectivity index is 1.28. The van der Waals surface area contributed by atoms with Gasteiger partial charge in [-0.15, -0.1) is 0 Å². The van der Waals surface area contributed by atoms with Crippen molar-refractivity contribution in [2.45, 2.75) is 19.1 Å². The molecule has 0 bridgehead atoms. The number of carbonyl (C=O) groups excluding carboxylic acids is 2. The number of amides is 1. The number of esters is 1. The number of rotatable bonds is 8. The fourth-order valence-corrected chi connectivity index (χ4v) is 4.26. The summed E-state index contributed by atoms with van der Waals surface area (Å²) in [7, 11) is 1.24. The smallest absolute Gasteiger partial charge is 0.334 e. The molecule has 1 atom stereocenters. The number of fused-ring (bicyclic) bond motifs is 1. The fourth-order valence-electron chi connectivity index (χ4n) is 4.09. The molecule has 0 radical (unpaired) electrons.